The summed E-state index contributed by atoms with van der Waals surface area (Å²) >= 11 is 0. The molecule has 2 heterocycles. The lowest BCUT2D eigenvalue weighted by atomic mass is 9.40. The number of carbonyl (C=O) groups is 1. The fourth-order valence-electron chi connectivity index (χ4n) is 6.98. The molecule has 4 atom stereocenters. The third-order valence-corrected chi connectivity index (χ3v) is 9.59. The van der Waals surface area contributed by atoms with E-state index in [1.54, 1.807) is 38.1 Å². The highest BCUT2D eigenvalue weighted by Crippen LogP contribution is 2.66. The van der Waals surface area contributed by atoms with Gasteiger partial charge in [0.2, 0.25) is 0 Å². The highest BCUT2D eigenvalue weighted by atomic mass is 16.5. The molecule has 5 rings (SSSR count). The smallest absolute Gasteiger partial charge is 0.343 e. The van der Waals surface area contributed by atoms with Gasteiger partial charge in [-0.2, -0.15) is 0 Å². The minimum atomic E-state index is -1.81. The third-order valence-electron chi connectivity index (χ3n) is 9.59. The Labute approximate surface area is 210 Å². The molecule has 2 aliphatic carbocycles. The summed E-state index contributed by atoms with van der Waals surface area (Å²) in [6.45, 7) is 7.28. The van der Waals surface area contributed by atoms with Crippen molar-refractivity contribution < 1.29 is 33.6 Å². The second-order valence-electron chi connectivity index (χ2n) is 11.5. The maximum atomic E-state index is 13.5. The van der Waals surface area contributed by atoms with Gasteiger partial charge in [0.25, 0.3) is 0 Å². The minimum absolute atomic E-state index is 0.154. The van der Waals surface area contributed by atoms with Crippen molar-refractivity contribution in [1.29, 1.82) is 0 Å². The van der Waals surface area contributed by atoms with Gasteiger partial charge in [-0.3, -0.25) is 4.79 Å². The van der Waals surface area contributed by atoms with E-state index >= 15 is 0 Å². The maximum absolute atomic E-state index is 13.5. The Hall–Kier alpha value is -2.84. The molecule has 2 N–H and O–H groups in total. The summed E-state index contributed by atoms with van der Waals surface area (Å²) in [6.07, 6.45) is 1.22. The van der Waals surface area contributed by atoms with Crippen LogP contribution in [0.5, 0.6) is 17.2 Å². The van der Waals surface area contributed by atoms with Crippen LogP contribution in [0.2, 0.25) is 0 Å². The van der Waals surface area contributed by atoms with Crippen LogP contribution in [0.1, 0.15) is 58.9 Å². The Morgan fingerprint density at radius 3 is 2.25 bits per heavy atom. The van der Waals surface area contributed by atoms with Gasteiger partial charge >= 0.3 is 5.63 Å². The first kappa shape index (κ1) is 24.8. The molecule has 2 saturated carbocycles. The molecule has 3 aliphatic rings. The number of carbonyl (C=O) groups excluding carboxylic acids is 1. The fourth-order valence-corrected chi connectivity index (χ4v) is 6.98. The zero-order chi connectivity index (χ0) is 26.3. The van der Waals surface area contributed by atoms with Crippen molar-refractivity contribution >= 4 is 5.78 Å². The van der Waals surface area contributed by atoms with Crippen LogP contribution in [-0.4, -0.2) is 47.0 Å². The van der Waals surface area contributed by atoms with Crippen LogP contribution in [0.25, 0.3) is 11.3 Å². The van der Waals surface area contributed by atoms with Crippen molar-refractivity contribution in [2.24, 2.45) is 10.8 Å². The molecule has 0 bridgehead atoms. The molecule has 36 heavy (non-hydrogen) atoms. The minimum Gasteiger partial charge on any atom is -0.493 e. The highest BCUT2D eigenvalue weighted by molar-refractivity contribution is 5.89. The van der Waals surface area contributed by atoms with Gasteiger partial charge in [0.1, 0.15) is 28.5 Å². The second-order valence-corrected chi connectivity index (χ2v) is 11.5. The predicted octanol–water partition coefficient (Wildman–Crippen LogP) is 3.67. The Morgan fingerprint density at radius 1 is 0.889 bits per heavy atom. The summed E-state index contributed by atoms with van der Waals surface area (Å²) in [5.41, 5.74) is -6.51. The van der Waals surface area contributed by atoms with E-state index in [0.29, 0.717) is 42.1 Å². The van der Waals surface area contributed by atoms with Crippen LogP contribution in [-0.2, 0) is 11.2 Å². The van der Waals surface area contributed by atoms with Crippen LogP contribution >= 0.6 is 0 Å². The average Bonchev–Trinajstić information content (AvgIpc) is 2.84. The van der Waals surface area contributed by atoms with E-state index < -0.39 is 33.3 Å². The van der Waals surface area contributed by atoms with E-state index in [0.717, 1.165) is 0 Å². The molecule has 0 radical (unpaired) electrons. The molecular weight excluding hydrogens is 464 g/mol. The lowest BCUT2D eigenvalue weighted by Crippen LogP contribution is -2.82. The number of hydrogen-bond donors (Lipinski definition) is 2. The molecule has 0 unspecified atom stereocenters. The number of rotatable bonds is 3. The zero-order valence-corrected chi connectivity index (χ0v) is 21.7. The predicted molar refractivity (Wildman–Crippen MR) is 132 cm³/mol. The molecule has 2 aromatic rings. The summed E-state index contributed by atoms with van der Waals surface area (Å²) in [7, 11) is 3.06. The van der Waals surface area contributed by atoms with Gasteiger partial charge in [-0.1, -0.05) is 13.8 Å². The van der Waals surface area contributed by atoms with E-state index in [9.17, 15) is 19.8 Å². The van der Waals surface area contributed by atoms with Gasteiger partial charge in [-0.25, -0.2) is 4.79 Å². The monoisotopic (exact) mass is 498 g/mol. The molecule has 2 fully saturated rings. The van der Waals surface area contributed by atoms with Gasteiger partial charge in [0.05, 0.1) is 30.8 Å². The number of ether oxygens (including phenoxy) is 3. The second kappa shape index (κ2) is 7.59. The van der Waals surface area contributed by atoms with Crippen molar-refractivity contribution in [2.75, 3.05) is 14.2 Å². The van der Waals surface area contributed by atoms with Crippen molar-refractivity contribution in [2.45, 2.75) is 76.6 Å². The Kier molecular flexibility index (Phi) is 5.23. The van der Waals surface area contributed by atoms with Gasteiger partial charge < -0.3 is 28.8 Å². The SMILES string of the molecule is COc1ccc(-c2cc3c(c(=O)o2)C[C@]2(O)[C@@]4(C)C(=O)CCC(C)(C)[C@]4(O)CC[C@@]2(C)O3)cc1OC. The van der Waals surface area contributed by atoms with Crippen molar-refractivity contribution in [3.05, 3.63) is 40.2 Å². The number of ketones is 1. The molecule has 194 valence electrons. The first-order valence-corrected chi connectivity index (χ1v) is 12.3. The lowest BCUT2D eigenvalue weighted by molar-refractivity contribution is -0.309. The number of benzene rings is 1. The Bertz CT molecular complexity index is 1310. The van der Waals surface area contributed by atoms with Gasteiger partial charge in [-0.05, 0) is 56.7 Å². The number of methoxy groups -OCH3 is 2. The summed E-state index contributed by atoms with van der Waals surface area (Å²) in [6, 6.07) is 6.80. The van der Waals surface area contributed by atoms with E-state index in [1.165, 1.54) is 14.2 Å². The highest BCUT2D eigenvalue weighted by Gasteiger charge is 2.78. The summed E-state index contributed by atoms with van der Waals surface area (Å²) in [5.74, 6) is 1.40. The molecule has 8 nitrogen and oxygen atoms in total. The van der Waals surface area contributed by atoms with E-state index in [4.69, 9.17) is 18.6 Å². The Balaban J connectivity index is 1.64. The van der Waals surface area contributed by atoms with Crippen LogP contribution in [0.15, 0.2) is 33.5 Å². The molecule has 0 amide bonds. The standard InChI is InChI=1S/C28H34O8/c1-24(2)10-9-22(29)26(4)27(24,31)12-11-25(3)28(26,32)15-17-20(36-25)14-19(35-23(17)30)16-7-8-18(33-5)21(13-16)34-6/h7-8,13-14,31-32H,9-12,15H2,1-6H3/t25-,26+,27-,28-/m1/s1. The van der Waals surface area contributed by atoms with E-state index in [-0.39, 0.29) is 29.9 Å². The number of Topliss-reactive ketones (excluding diaryl/α,β-unsaturated/α-hetero) is 1. The summed E-state index contributed by atoms with van der Waals surface area (Å²) < 4.78 is 22.7. The Morgan fingerprint density at radius 2 is 1.58 bits per heavy atom. The molecule has 1 aliphatic heterocycles. The number of hydrogen-bond acceptors (Lipinski definition) is 8. The number of fused-ring (bicyclic) bond motifs is 4. The first-order valence-electron chi connectivity index (χ1n) is 12.3. The quantitative estimate of drug-likeness (QED) is 0.659. The van der Waals surface area contributed by atoms with E-state index in [2.05, 4.69) is 0 Å². The largest absolute Gasteiger partial charge is 0.493 e. The van der Waals surface area contributed by atoms with Gasteiger partial charge in [-0.15, -0.1) is 0 Å². The fraction of sp³-hybridized carbons (Fsp3) is 0.571. The molecule has 8 heteroatoms. The molecular formula is C28H34O8. The topological polar surface area (TPSA) is 115 Å². The zero-order valence-electron chi connectivity index (χ0n) is 21.7. The normalized spacial score (nSPS) is 34.6. The van der Waals surface area contributed by atoms with E-state index in [1.807, 2.05) is 13.8 Å². The summed E-state index contributed by atoms with van der Waals surface area (Å²) in [5, 5.41) is 24.3. The third kappa shape index (κ3) is 2.88. The van der Waals surface area contributed by atoms with Crippen LogP contribution < -0.4 is 19.8 Å². The van der Waals surface area contributed by atoms with Crippen LogP contribution in [0.4, 0.5) is 0 Å². The summed E-state index contributed by atoms with van der Waals surface area (Å²) in [4.78, 5) is 26.7. The van der Waals surface area contributed by atoms with Crippen LogP contribution in [0.3, 0.4) is 0 Å². The molecule has 0 spiro atoms. The molecule has 1 aromatic heterocycles. The number of aliphatic hydroxyl groups is 2. The van der Waals surface area contributed by atoms with Crippen LogP contribution in [0, 0.1) is 10.8 Å². The average molecular weight is 499 g/mol. The van der Waals surface area contributed by atoms with Crippen molar-refractivity contribution in [1.82, 2.24) is 0 Å². The maximum Gasteiger partial charge on any atom is 0.343 e. The first-order chi connectivity index (χ1) is 16.8. The molecule has 1 aromatic carbocycles. The molecule has 0 saturated heterocycles. The van der Waals surface area contributed by atoms with Gasteiger partial charge in [0.15, 0.2) is 11.5 Å². The van der Waals surface area contributed by atoms with Crippen molar-refractivity contribution in [3.63, 3.8) is 0 Å². The van der Waals surface area contributed by atoms with Crippen molar-refractivity contribution in [3.8, 4) is 28.6 Å². The lowest BCUT2D eigenvalue weighted by Gasteiger charge is -2.69. The van der Waals surface area contributed by atoms with Gasteiger partial charge in [0, 0.05) is 24.5 Å².